The molecule has 1 unspecified atom stereocenters. The van der Waals surface area contributed by atoms with Crippen molar-refractivity contribution in [2.75, 3.05) is 18.2 Å². The van der Waals surface area contributed by atoms with Gasteiger partial charge >= 0.3 is 0 Å². The largest absolute Gasteiger partial charge is 0.497 e. The number of hydrogen-bond acceptors (Lipinski definition) is 4. The Balaban J connectivity index is 2.06. The predicted molar refractivity (Wildman–Crippen MR) is 75.2 cm³/mol. The van der Waals surface area contributed by atoms with Crippen LogP contribution >= 0.6 is 11.8 Å². The molecule has 1 N–H and O–H groups in total. The minimum absolute atomic E-state index is 0.476. The minimum atomic E-state index is 0.476. The van der Waals surface area contributed by atoms with E-state index in [1.807, 2.05) is 24.3 Å². The van der Waals surface area contributed by atoms with Crippen molar-refractivity contribution in [2.45, 2.75) is 25.8 Å². The Morgan fingerprint density at radius 3 is 3.18 bits per heavy atom. The molecular formula is C13H18N2OS. The van der Waals surface area contributed by atoms with Crippen LogP contribution in [0, 0.1) is 0 Å². The Labute approximate surface area is 107 Å². The minimum Gasteiger partial charge on any atom is -0.497 e. The molecule has 0 aliphatic carbocycles. The van der Waals surface area contributed by atoms with Crippen LogP contribution in [-0.4, -0.2) is 24.1 Å². The van der Waals surface area contributed by atoms with E-state index in [4.69, 9.17) is 4.74 Å². The molecule has 1 heterocycles. The number of amidine groups is 1. The zero-order valence-corrected chi connectivity index (χ0v) is 11.1. The fraction of sp³-hybridized carbons (Fsp3) is 0.462. The lowest BCUT2D eigenvalue weighted by Crippen LogP contribution is -2.19. The summed E-state index contributed by atoms with van der Waals surface area (Å²) in [4.78, 5) is 4.68. The summed E-state index contributed by atoms with van der Waals surface area (Å²) in [6.45, 7) is 2.19. The Morgan fingerprint density at radius 2 is 2.41 bits per heavy atom. The van der Waals surface area contributed by atoms with Crippen molar-refractivity contribution < 1.29 is 4.74 Å². The van der Waals surface area contributed by atoms with Crippen LogP contribution < -0.4 is 10.1 Å². The predicted octanol–water partition coefficient (Wildman–Crippen LogP) is 3.38. The highest BCUT2D eigenvalue weighted by atomic mass is 32.2. The maximum Gasteiger partial charge on any atom is 0.161 e. The van der Waals surface area contributed by atoms with Gasteiger partial charge in [-0.15, -0.1) is 0 Å². The van der Waals surface area contributed by atoms with Gasteiger partial charge in [0.05, 0.1) is 13.2 Å². The number of thioether (sulfide) groups is 1. The third kappa shape index (κ3) is 3.40. The molecule has 1 aromatic rings. The number of nitrogens with zero attached hydrogens (tertiary/aromatic N) is 1. The number of rotatable bonds is 3. The SMILES string of the molecule is CCC1CCSC(Nc2cccc(OC)c2)=N1. The summed E-state index contributed by atoms with van der Waals surface area (Å²) in [6.07, 6.45) is 2.30. The summed E-state index contributed by atoms with van der Waals surface area (Å²) in [5.41, 5.74) is 1.03. The van der Waals surface area contributed by atoms with E-state index in [9.17, 15) is 0 Å². The van der Waals surface area contributed by atoms with Gasteiger partial charge in [0.25, 0.3) is 0 Å². The van der Waals surface area contributed by atoms with Crippen molar-refractivity contribution in [1.29, 1.82) is 0 Å². The average molecular weight is 250 g/mol. The number of nitrogens with one attached hydrogen (secondary N) is 1. The first-order valence-corrected chi connectivity index (χ1v) is 6.92. The second-order valence-corrected chi connectivity index (χ2v) is 5.07. The fourth-order valence-corrected chi connectivity index (χ4v) is 2.74. The Kier molecular flexibility index (Phi) is 4.31. The molecule has 92 valence electrons. The molecule has 0 fully saturated rings. The molecular weight excluding hydrogens is 232 g/mol. The first-order chi connectivity index (χ1) is 8.31. The van der Waals surface area contributed by atoms with Crippen LogP contribution in [0.25, 0.3) is 0 Å². The van der Waals surface area contributed by atoms with Crippen molar-refractivity contribution in [3.05, 3.63) is 24.3 Å². The van der Waals surface area contributed by atoms with Gasteiger partial charge in [-0.2, -0.15) is 0 Å². The summed E-state index contributed by atoms with van der Waals surface area (Å²) in [5, 5.41) is 4.38. The Hall–Kier alpha value is -1.16. The van der Waals surface area contributed by atoms with Gasteiger partial charge in [0.1, 0.15) is 5.75 Å². The Bertz CT molecular complexity index is 406. The van der Waals surface area contributed by atoms with Gasteiger partial charge in [0.2, 0.25) is 0 Å². The smallest absolute Gasteiger partial charge is 0.161 e. The van der Waals surface area contributed by atoms with E-state index >= 15 is 0 Å². The third-order valence-corrected chi connectivity index (χ3v) is 3.70. The molecule has 3 nitrogen and oxygen atoms in total. The summed E-state index contributed by atoms with van der Waals surface area (Å²) in [7, 11) is 1.68. The fourth-order valence-electron chi connectivity index (χ4n) is 1.75. The van der Waals surface area contributed by atoms with E-state index in [0.29, 0.717) is 6.04 Å². The highest BCUT2D eigenvalue weighted by Crippen LogP contribution is 2.23. The number of hydrogen-bond donors (Lipinski definition) is 1. The lowest BCUT2D eigenvalue weighted by molar-refractivity contribution is 0.415. The molecule has 0 spiro atoms. The molecule has 0 bridgehead atoms. The summed E-state index contributed by atoms with van der Waals surface area (Å²) in [5.74, 6) is 2.01. The van der Waals surface area contributed by atoms with Gasteiger partial charge in [0, 0.05) is 17.5 Å². The van der Waals surface area contributed by atoms with Gasteiger partial charge in [0.15, 0.2) is 5.17 Å². The molecule has 0 amide bonds. The first kappa shape index (κ1) is 12.3. The normalized spacial score (nSPS) is 19.6. The molecule has 1 aromatic carbocycles. The average Bonchev–Trinajstić information content (AvgIpc) is 2.39. The molecule has 4 heteroatoms. The second kappa shape index (κ2) is 5.96. The van der Waals surface area contributed by atoms with Crippen LogP contribution in [0.5, 0.6) is 5.75 Å². The molecule has 2 rings (SSSR count). The van der Waals surface area contributed by atoms with Crippen molar-refractivity contribution in [1.82, 2.24) is 0 Å². The topological polar surface area (TPSA) is 33.6 Å². The van der Waals surface area contributed by atoms with E-state index in [2.05, 4.69) is 17.2 Å². The number of methoxy groups -OCH3 is 1. The zero-order valence-electron chi connectivity index (χ0n) is 10.3. The molecule has 0 aromatic heterocycles. The molecule has 0 saturated carbocycles. The lowest BCUT2D eigenvalue weighted by Gasteiger charge is -2.19. The third-order valence-electron chi connectivity index (χ3n) is 2.78. The van der Waals surface area contributed by atoms with Crippen LogP contribution in [0.2, 0.25) is 0 Å². The van der Waals surface area contributed by atoms with E-state index in [1.165, 1.54) is 6.42 Å². The summed E-state index contributed by atoms with van der Waals surface area (Å²) in [6, 6.07) is 8.41. The van der Waals surface area contributed by atoms with Gasteiger partial charge in [-0.25, -0.2) is 0 Å². The maximum absolute atomic E-state index is 5.20. The van der Waals surface area contributed by atoms with Crippen molar-refractivity contribution in [3.63, 3.8) is 0 Å². The molecule has 1 atom stereocenters. The maximum atomic E-state index is 5.20. The van der Waals surface area contributed by atoms with Crippen molar-refractivity contribution >= 4 is 22.6 Å². The molecule has 0 saturated heterocycles. The zero-order chi connectivity index (χ0) is 12.1. The van der Waals surface area contributed by atoms with Gasteiger partial charge in [-0.1, -0.05) is 24.8 Å². The van der Waals surface area contributed by atoms with Crippen LogP contribution in [-0.2, 0) is 0 Å². The second-order valence-electron chi connectivity index (χ2n) is 3.99. The van der Waals surface area contributed by atoms with Crippen LogP contribution in [0.4, 0.5) is 5.69 Å². The van der Waals surface area contributed by atoms with E-state index in [-0.39, 0.29) is 0 Å². The number of anilines is 1. The summed E-state index contributed by atoms with van der Waals surface area (Å²) >= 11 is 1.79. The van der Waals surface area contributed by atoms with Crippen LogP contribution in [0.15, 0.2) is 29.3 Å². The van der Waals surface area contributed by atoms with E-state index < -0.39 is 0 Å². The number of benzene rings is 1. The van der Waals surface area contributed by atoms with Crippen molar-refractivity contribution in [2.24, 2.45) is 4.99 Å². The van der Waals surface area contributed by atoms with Gasteiger partial charge in [-0.3, -0.25) is 4.99 Å². The quantitative estimate of drug-likeness (QED) is 0.893. The molecule has 0 radical (unpaired) electrons. The molecule has 1 aliphatic rings. The van der Waals surface area contributed by atoms with E-state index in [1.54, 1.807) is 18.9 Å². The number of aliphatic imine (C=N–C) groups is 1. The standard InChI is InChI=1S/C13H18N2OS/c1-3-10-7-8-17-13(14-10)15-11-5-4-6-12(9-11)16-2/h4-6,9-10H,3,7-8H2,1-2H3,(H,14,15). The highest BCUT2D eigenvalue weighted by Gasteiger charge is 2.13. The van der Waals surface area contributed by atoms with Gasteiger partial charge in [-0.05, 0) is 25.0 Å². The van der Waals surface area contributed by atoms with Crippen molar-refractivity contribution in [3.8, 4) is 5.75 Å². The summed E-state index contributed by atoms with van der Waals surface area (Å²) < 4.78 is 5.20. The van der Waals surface area contributed by atoms with E-state index in [0.717, 1.165) is 28.8 Å². The van der Waals surface area contributed by atoms with Crippen LogP contribution in [0.3, 0.4) is 0 Å². The highest BCUT2D eigenvalue weighted by molar-refractivity contribution is 8.14. The molecule has 1 aliphatic heterocycles. The monoisotopic (exact) mass is 250 g/mol. The molecule has 17 heavy (non-hydrogen) atoms. The van der Waals surface area contributed by atoms with Gasteiger partial charge < -0.3 is 10.1 Å². The Morgan fingerprint density at radius 1 is 1.53 bits per heavy atom. The lowest BCUT2D eigenvalue weighted by atomic mass is 10.2. The van der Waals surface area contributed by atoms with Crippen LogP contribution in [0.1, 0.15) is 19.8 Å². The first-order valence-electron chi connectivity index (χ1n) is 5.93. The number of ether oxygens (including phenoxy) is 1.